The molecule has 0 aliphatic heterocycles. The van der Waals surface area contributed by atoms with E-state index >= 15 is 0 Å². The van der Waals surface area contributed by atoms with Gasteiger partial charge in [-0.25, -0.2) is 18.4 Å². The van der Waals surface area contributed by atoms with E-state index in [1.807, 2.05) is 0 Å². The maximum atomic E-state index is 11.3. The molecule has 0 aliphatic rings. The first-order valence-corrected chi connectivity index (χ1v) is 7.57. The smallest absolute Gasteiger partial charge is 0.478 e. The third-order valence-corrected chi connectivity index (χ3v) is 4.02. The number of aromatic carboxylic acids is 1. The predicted octanol–water partition coefficient (Wildman–Crippen LogP) is 2.00. The molecule has 21 heavy (non-hydrogen) atoms. The minimum Gasteiger partial charge on any atom is -0.478 e. The van der Waals surface area contributed by atoms with Crippen LogP contribution in [0.1, 0.15) is 17.5 Å². The molecule has 1 heterocycles. The summed E-state index contributed by atoms with van der Waals surface area (Å²) in [6.07, 6.45) is 1.48. The van der Waals surface area contributed by atoms with Crippen LogP contribution in [0.3, 0.4) is 0 Å². The van der Waals surface area contributed by atoms with E-state index in [0.29, 0.717) is 5.76 Å². The Morgan fingerprint density at radius 1 is 1.48 bits per heavy atom. The first-order valence-electron chi connectivity index (χ1n) is 5.65. The second kappa shape index (κ2) is 5.76. The van der Waals surface area contributed by atoms with Gasteiger partial charge < -0.3 is 14.8 Å². The van der Waals surface area contributed by atoms with Crippen LogP contribution in [0, 0.1) is 0 Å². The number of anilines is 1. The standard InChI is InChI=1S/C12H11ClN2O5S/c13-9-5-10(15-6-7-2-1-3-20-7)8(12(16)17)4-11(9)21(14,18)19/h1-5,15H,6H2,(H,16,17)(H2,14,18,19)/p+1. The van der Waals surface area contributed by atoms with Crippen LogP contribution in [0.15, 0.2) is 39.8 Å². The lowest BCUT2D eigenvalue weighted by Gasteiger charge is -2.11. The number of hydrogen-bond acceptors (Lipinski definition) is 5. The van der Waals surface area contributed by atoms with Gasteiger partial charge in [-0.2, -0.15) is 0 Å². The number of furan rings is 1. The number of nitrogens with two attached hydrogens (primary N) is 1. The van der Waals surface area contributed by atoms with E-state index in [9.17, 15) is 13.2 Å². The summed E-state index contributed by atoms with van der Waals surface area (Å²) in [6, 6.07) is 5.51. The monoisotopic (exact) mass is 331 g/mol. The Balaban J connectivity index is 0.00000242. The number of carboxylic acids is 1. The van der Waals surface area contributed by atoms with Gasteiger partial charge in [0.25, 0.3) is 0 Å². The molecule has 0 unspecified atom stereocenters. The van der Waals surface area contributed by atoms with Gasteiger partial charge in [-0.05, 0) is 24.3 Å². The number of benzene rings is 1. The molecule has 0 saturated heterocycles. The molecule has 1 aromatic carbocycles. The van der Waals surface area contributed by atoms with E-state index in [1.165, 1.54) is 12.3 Å². The van der Waals surface area contributed by atoms with E-state index in [1.54, 1.807) is 12.1 Å². The first kappa shape index (κ1) is 15.4. The van der Waals surface area contributed by atoms with Crippen molar-refractivity contribution in [3.05, 3.63) is 46.9 Å². The zero-order valence-electron chi connectivity index (χ0n) is 11.5. The van der Waals surface area contributed by atoms with Crippen molar-refractivity contribution in [1.29, 1.82) is 0 Å². The minimum atomic E-state index is -4.11. The van der Waals surface area contributed by atoms with E-state index in [2.05, 4.69) is 5.32 Å². The number of carbonyl (C=O) groups is 1. The fraction of sp³-hybridized carbons (Fsp3) is 0.0833. The van der Waals surface area contributed by atoms with Gasteiger partial charge in [-0.15, -0.1) is 0 Å². The van der Waals surface area contributed by atoms with Crippen molar-refractivity contribution in [2.45, 2.75) is 11.4 Å². The second-order valence-corrected chi connectivity index (χ2v) is 6.05. The predicted molar refractivity (Wildman–Crippen MR) is 76.9 cm³/mol. The zero-order valence-corrected chi connectivity index (χ0v) is 12.1. The second-order valence-electron chi connectivity index (χ2n) is 4.11. The van der Waals surface area contributed by atoms with Gasteiger partial charge in [0.15, 0.2) is 0 Å². The molecule has 4 N–H and O–H groups in total. The van der Waals surface area contributed by atoms with Crippen LogP contribution in [0.4, 0.5) is 5.69 Å². The quantitative estimate of drug-likeness (QED) is 0.770. The molecule has 0 saturated carbocycles. The fourth-order valence-corrected chi connectivity index (χ4v) is 2.79. The Labute approximate surface area is 126 Å². The van der Waals surface area contributed by atoms with Crippen LogP contribution >= 0.6 is 11.6 Å². The van der Waals surface area contributed by atoms with Gasteiger partial charge in [0.1, 0.15) is 10.7 Å². The summed E-state index contributed by atoms with van der Waals surface area (Å²) in [5, 5.41) is 16.8. The fourth-order valence-electron chi connectivity index (χ4n) is 1.69. The SMILES string of the molecule is NS(=O)(=O)c1cc(C(=O)O)c(NCc2ccco2)cc1Cl.[H+]. The van der Waals surface area contributed by atoms with Crippen molar-refractivity contribution in [2.75, 3.05) is 5.32 Å². The molecule has 0 amide bonds. The third kappa shape index (κ3) is 3.54. The minimum absolute atomic E-state index is 0. The van der Waals surface area contributed by atoms with Crippen LogP contribution < -0.4 is 10.5 Å². The van der Waals surface area contributed by atoms with Gasteiger partial charge in [-0.1, -0.05) is 11.6 Å². The molecule has 9 heteroatoms. The van der Waals surface area contributed by atoms with Crippen LogP contribution in [-0.4, -0.2) is 19.5 Å². The molecular weight excluding hydrogens is 320 g/mol. The van der Waals surface area contributed by atoms with Crippen molar-refractivity contribution >= 4 is 33.3 Å². The summed E-state index contributed by atoms with van der Waals surface area (Å²) in [7, 11) is -4.11. The van der Waals surface area contributed by atoms with E-state index in [-0.39, 0.29) is 24.2 Å². The molecule has 2 rings (SSSR count). The number of rotatable bonds is 5. The molecular formula is C12H12ClN2O5S+. The zero-order chi connectivity index (χ0) is 15.6. The topological polar surface area (TPSA) is 123 Å². The highest BCUT2D eigenvalue weighted by Crippen LogP contribution is 2.28. The van der Waals surface area contributed by atoms with Crippen LogP contribution in [0.2, 0.25) is 5.02 Å². The number of carboxylic acid groups (broad SMARTS) is 1. The van der Waals surface area contributed by atoms with Crippen molar-refractivity contribution in [1.82, 2.24) is 0 Å². The van der Waals surface area contributed by atoms with E-state index in [4.69, 9.17) is 26.3 Å². The summed E-state index contributed by atoms with van der Waals surface area (Å²) >= 11 is 5.84. The number of halogens is 1. The van der Waals surface area contributed by atoms with Crippen molar-refractivity contribution in [2.24, 2.45) is 5.14 Å². The molecule has 0 atom stereocenters. The van der Waals surface area contributed by atoms with Crippen molar-refractivity contribution in [3.63, 3.8) is 0 Å². The van der Waals surface area contributed by atoms with Crippen LogP contribution in [-0.2, 0) is 16.6 Å². The molecule has 0 aliphatic carbocycles. The van der Waals surface area contributed by atoms with Gasteiger partial charge in [-0.3, -0.25) is 0 Å². The normalized spacial score (nSPS) is 11.3. The third-order valence-electron chi connectivity index (χ3n) is 2.64. The lowest BCUT2D eigenvalue weighted by molar-refractivity contribution is 0.0697. The van der Waals surface area contributed by atoms with Crippen LogP contribution in [0.5, 0.6) is 0 Å². The summed E-state index contributed by atoms with van der Waals surface area (Å²) < 4.78 is 27.8. The molecule has 112 valence electrons. The van der Waals surface area contributed by atoms with E-state index in [0.717, 1.165) is 6.07 Å². The lowest BCUT2D eigenvalue weighted by atomic mass is 10.1. The molecule has 1 aromatic heterocycles. The summed E-state index contributed by atoms with van der Waals surface area (Å²) in [6.45, 7) is 0.221. The van der Waals surface area contributed by atoms with Gasteiger partial charge >= 0.3 is 7.40 Å². The van der Waals surface area contributed by atoms with Crippen molar-refractivity contribution < 1.29 is 24.2 Å². The van der Waals surface area contributed by atoms with Gasteiger partial charge in [0.05, 0.1) is 29.1 Å². The molecule has 0 bridgehead atoms. The van der Waals surface area contributed by atoms with E-state index < -0.39 is 20.9 Å². The molecule has 0 radical (unpaired) electrons. The Morgan fingerprint density at radius 3 is 2.71 bits per heavy atom. The van der Waals surface area contributed by atoms with Gasteiger partial charge in [0.2, 0.25) is 10.0 Å². The molecule has 7 nitrogen and oxygen atoms in total. The number of primary sulfonamides is 1. The number of nitrogens with one attached hydrogen (secondary N) is 1. The summed E-state index contributed by atoms with van der Waals surface area (Å²) in [4.78, 5) is 10.8. The van der Waals surface area contributed by atoms with Crippen LogP contribution in [0.25, 0.3) is 0 Å². The highest BCUT2D eigenvalue weighted by atomic mass is 35.5. The Morgan fingerprint density at radius 2 is 2.19 bits per heavy atom. The Hall–Kier alpha value is -2.03. The van der Waals surface area contributed by atoms with Crippen molar-refractivity contribution in [3.8, 4) is 0 Å². The average Bonchev–Trinajstić information content (AvgIpc) is 2.87. The maximum absolute atomic E-state index is 11.3. The Bertz CT molecular complexity index is 777. The first-order chi connectivity index (χ1) is 9.79. The number of hydrogen-bond donors (Lipinski definition) is 3. The molecule has 0 spiro atoms. The maximum Gasteiger partial charge on any atom is 1.00 e. The number of sulfonamides is 1. The largest absolute Gasteiger partial charge is 1.00 e. The summed E-state index contributed by atoms with van der Waals surface area (Å²) in [5.74, 6) is -0.725. The molecule has 0 fully saturated rings. The highest BCUT2D eigenvalue weighted by molar-refractivity contribution is 7.89. The Kier molecular flexibility index (Phi) is 4.21. The average molecular weight is 332 g/mol. The van der Waals surface area contributed by atoms with Gasteiger partial charge in [0, 0.05) is 0 Å². The summed E-state index contributed by atoms with van der Waals surface area (Å²) in [5.41, 5.74) is -0.0914. The highest BCUT2D eigenvalue weighted by Gasteiger charge is 2.20. The lowest BCUT2D eigenvalue weighted by Crippen LogP contribution is -2.15. The molecule has 2 aromatic rings.